The minimum atomic E-state index is -0.461. The maximum atomic E-state index is 12.4. The number of anilines is 1. The Bertz CT molecular complexity index is 868. The van der Waals surface area contributed by atoms with E-state index in [4.69, 9.17) is 14.6 Å². The average molecular weight is 369 g/mol. The Labute approximate surface area is 157 Å². The molecule has 0 bridgehead atoms. The zero-order valence-corrected chi connectivity index (χ0v) is 16.2. The van der Waals surface area contributed by atoms with Crippen molar-refractivity contribution in [3.8, 4) is 6.07 Å². The van der Waals surface area contributed by atoms with Crippen LogP contribution >= 0.6 is 11.3 Å². The predicted octanol–water partition coefficient (Wildman–Crippen LogP) is 2.87. The Hall–Kier alpha value is -2.21. The third-order valence-corrected chi connectivity index (χ3v) is 5.79. The lowest BCUT2D eigenvalue weighted by molar-refractivity contribution is 0.00578. The van der Waals surface area contributed by atoms with Crippen molar-refractivity contribution in [1.29, 1.82) is 5.26 Å². The van der Waals surface area contributed by atoms with E-state index in [-0.39, 0.29) is 5.91 Å². The Morgan fingerprint density at radius 3 is 2.27 bits per heavy atom. The molecule has 1 amide bonds. The van der Waals surface area contributed by atoms with Gasteiger partial charge in [0.25, 0.3) is 5.91 Å². The van der Waals surface area contributed by atoms with Crippen molar-refractivity contribution >= 4 is 35.0 Å². The summed E-state index contributed by atoms with van der Waals surface area (Å²) in [6, 6.07) is 9.15. The van der Waals surface area contributed by atoms with E-state index in [1.54, 1.807) is 19.1 Å². The van der Waals surface area contributed by atoms with Crippen LogP contribution in [0.25, 0.3) is 0 Å². The van der Waals surface area contributed by atoms with Crippen molar-refractivity contribution in [2.75, 3.05) is 5.32 Å². The second-order valence-corrected chi connectivity index (χ2v) is 8.21. The Morgan fingerprint density at radius 2 is 1.77 bits per heavy atom. The van der Waals surface area contributed by atoms with Crippen LogP contribution in [0.5, 0.6) is 0 Å². The topological polar surface area (TPSA) is 84.2 Å². The maximum absolute atomic E-state index is 12.4. The van der Waals surface area contributed by atoms with E-state index < -0.39 is 18.3 Å². The Kier molecular flexibility index (Phi) is 4.65. The van der Waals surface area contributed by atoms with E-state index in [1.807, 2.05) is 39.8 Å². The predicted molar refractivity (Wildman–Crippen MR) is 102 cm³/mol. The van der Waals surface area contributed by atoms with E-state index in [9.17, 15) is 4.79 Å². The summed E-state index contributed by atoms with van der Waals surface area (Å²) in [7, 11) is -0.461. The van der Waals surface area contributed by atoms with Gasteiger partial charge in [0.1, 0.15) is 10.9 Å². The summed E-state index contributed by atoms with van der Waals surface area (Å²) in [5, 5.41) is 12.1. The Morgan fingerprint density at radius 1 is 1.19 bits per heavy atom. The summed E-state index contributed by atoms with van der Waals surface area (Å²) in [5.41, 5.74) is 1.15. The number of thiazole rings is 1. The Balaban J connectivity index is 1.71. The monoisotopic (exact) mass is 369 g/mol. The molecule has 2 aromatic rings. The minimum absolute atomic E-state index is 0.274. The van der Waals surface area contributed by atoms with Crippen LogP contribution in [-0.2, 0) is 9.31 Å². The molecule has 1 fully saturated rings. The van der Waals surface area contributed by atoms with Crippen molar-refractivity contribution in [3.63, 3.8) is 0 Å². The molecule has 1 aliphatic heterocycles. The number of aryl methyl sites for hydroxylation is 1. The fourth-order valence-corrected chi connectivity index (χ4v) is 3.25. The molecule has 1 saturated heterocycles. The van der Waals surface area contributed by atoms with Gasteiger partial charge in [-0.05, 0) is 52.2 Å². The summed E-state index contributed by atoms with van der Waals surface area (Å²) in [6.07, 6.45) is 0. The quantitative estimate of drug-likeness (QED) is 0.841. The number of nitriles is 1. The van der Waals surface area contributed by atoms with E-state index in [1.165, 1.54) is 0 Å². The van der Waals surface area contributed by atoms with Gasteiger partial charge in [-0.3, -0.25) is 10.1 Å². The zero-order valence-electron chi connectivity index (χ0n) is 15.4. The number of nitrogens with zero attached hydrogens (tertiary/aromatic N) is 2. The first-order valence-corrected chi connectivity index (χ1v) is 9.09. The zero-order chi connectivity index (χ0) is 19.1. The number of hydrogen-bond donors (Lipinski definition) is 1. The van der Waals surface area contributed by atoms with Gasteiger partial charge in [0.05, 0.1) is 16.9 Å². The van der Waals surface area contributed by atoms with E-state index in [2.05, 4.69) is 16.4 Å². The minimum Gasteiger partial charge on any atom is -0.399 e. The smallest absolute Gasteiger partial charge is 0.399 e. The number of hydrogen-bond acceptors (Lipinski definition) is 6. The third-order valence-electron chi connectivity index (χ3n) is 4.82. The average Bonchev–Trinajstić information content (AvgIpc) is 3.03. The van der Waals surface area contributed by atoms with Gasteiger partial charge in [-0.1, -0.05) is 23.5 Å². The van der Waals surface area contributed by atoms with Crippen LogP contribution in [0.1, 0.15) is 48.6 Å². The molecule has 0 saturated carbocycles. The van der Waals surface area contributed by atoms with Crippen LogP contribution in [0, 0.1) is 18.3 Å². The summed E-state index contributed by atoms with van der Waals surface area (Å²) >= 11 is 1.16. The van der Waals surface area contributed by atoms with Crippen LogP contribution in [-0.4, -0.2) is 29.2 Å². The SMILES string of the molecule is Cc1nc(NC(=O)c2ccc(B3OC(C)(C)C(C)(C)O3)cc2)sc1C#N. The molecule has 3 rings (SSSR count). The normalized spacial score (nSPS) is 17.8. The second-order valence-electron chi connectivity index (χ2n) is 7.21. The molecule has 26 heavy (non-hydrogen) atoms. The van der Waals surface area contributed by atoms with E-state index in [0.29, 0.717) is 21.3 Å². The third kappa shape index (κ3) is 3.38. The first-order valence-electron chi connectivity index (χ1n) is 8.27. The summed E-state index contributed by atoms with van der Waals surface area (Å²) in [6.45, 7) is 9.74. The number of nitrogens with one attached hydrogen (secondary N) is 1. The molecule has 0 unspecified atom stereocenters. The van der Waals surface area contributed by atoms with Gasteiger partial charge in [-0.25, -0.2) is 4.98 Å². The summed E-state index contributed by atoms with van der Waals surface area (Å²) in [5.74, 6) is -0.274. The summed E-state index contributed by atoms with van der Waals surface area (Å²) < 4.78 is 12.0. The standard InChI is InChI=1S/C18H20BN3O3S/c1-11-14(10-20)26-16(21-11)22-15(23)12-6-8-13(9-7-12)19-24-17(2,3)18(4,5)25-19/h6-9H,1-5H3,(H,21,22,23). The van der Waals surface area contributed by atoms with Gasteiger partial charge < -0.3 is 9.31 Å². The highest BCUT2D eigenvalue weighted by Gasteiger charge is 2.51. The lowest BCUT2D eigenvalue weighted by Gasteiger charge is -2.32. The van der Waals surface area contributed by atoms with E-state index in [0.717, 1.165) is 16.8 Å². The molecule has 1 N–H and O–H groups in total. The van der Waals surface area contributed by atoms with Crippen molar-refractivity contribution in [2.45, 2.75) is 45.8 Å². The first kappa shape index (κ1) is 18.6. The fourth-order valence-electron chi connectivity index (χ4n) is 2.49. The number of amides is 1. The molecule has 8 heteroatoms. The lowest BCUT2D eigenvalue weighted by atomic mass is 9.79. The molecule has 134 valence electrons. The van der Waals surface area contributed by atoms with Gasteiger partial charge in [0.15, 0.2) is 5.13 Å². The van der Waals surface area contributed by atoms with Crippen LogP contribution in [0.2, 0.25) is 0 Å². The second kappa shape index (κ2) is 6.51. The van der Waals surface area contributed by atoms with Crippen molar-refractivity contribution in [3.05, 3.63) is 40.4 Å². The highest BCUT2D eigenvalue weighted by molar-refractivity contribution is 7.16. The van der Waals surface area contributed by atoms with Gasteiger partial charge in [0.2, 0.25) is 0 Å². The first-order chi connectivity index (χ1) is 12.1. The molecular formula is C18H20BN3O3S. The highest BCUT2D eigenvalue weighted by Crippen LogP contribution is 2.36. The molecule has 0 aliphatic carbocycles. The van der Waals surface area contributed by atoms with Crippen molar-refractivity contribution in [1.82, 2.24) is 4.98 Å². The molecule has 1 aromatic carbocycles. The highest BCUT2D eigenvalue weighted by atomic mass is 32.1. The molecule has 6 nitrogen and oxygen atoms in total. The van der Waals surface area contributed by atoms with Crippen LogP contribution in [0.15, 0.2) is 24.3 Å². The number of carbonyl (C=O) groups is 1. The lowest BCUT2D eigenvalue weighted by Crippen LogP contribution is -2.41. The van der Waals surface area contributed by atoms with Crippen LogP contribution < -0.4 is 10.8 Å². The molecular weight excluding hydrogens is 349 g/mol. The molecule has 1 aromatic heterocycles. The molecule has 2 heterocycles. The van der Waals surface area contributed by atoms with Crippen molar-refractivity contribution < 1.29 is 14.1 Å². The summed E-state index contributed by atoms with van der Waals surface area (Å²) in [4.78, 5) is 17.1. The number of carbonyl (C=O) groups excluding carboxylic acids is 1. The molecule has 1 aliphatic rings. The fraction of sp³-hybridized carbons (Fsp3) is 0.389. The van der Waals surface area contributed by atoms with Gasteiger partial charge in [0, 0.05) is 5.56 Å². The van der Waals surface area contributed by atoms with Gasteiger partial charge in [-0.2, -0.15) is 5.26 Å². The largest absolute Gasteiger partial charge is 0.494 e. The van der Waals surface area contributed by atoms with Crippen molar-refractivity contribution in [2.24, 2.45) is 0 Å². The number of benzene rings is 1. The van der Waals surface area contributed by atoms with E-state index >= 15 is 0 Å². The molecule has 0 spiro atoms. The van der Waals surface area contributed by atoms with Gasteiger partial charge >= 0.3 is 7.12 Å². The van der Waals surface area contributed by atoms with Crippen LogP contribution in [0.3, 0.4) is 0 Å². The number of rotatable bonds is 3. The van der Waals surface area contributed by atoms with Crippen LogP contribution in [0.4, 0.5) is 5.13 Å². The molecule has 0 atom stereocenters. The number of aromatic nitrogens is 1. The molecule has 0 radical (unpaired) electrons. The maximum Gasteiger partial charge on any atom is 0.494 e. The van der Waals surface area contributed by atoms with Gasteiger partial charge in [-0.15, -0.1) is 0 Å².